The summed E-state index contributed by atoms with van der Waals surface area (Å²) < 4.78 is 11.0. The molecule has 0 atom stereocenters. The Balaban J connectivity index is 0.00000450. The third-order valence-corrected chi connectivity index (χ3v) is 4.47. The average molecular weight is 526 g/mol. The van der Waals surface area contributed by atoms with Crippen molar-refractivity contribution in [1.82, 2.24) is 10.2 Å². The lowest BCUT2D eigenvalue weighted by Crippen LogP contribution is -2.30. The quantitative estimate of drug-likeness (QED) is 0.266. The normalized spacial score (nSPS) is 11.1. The standard InChI is InChI=1S/C23H34N4O2.HI/c1-6-24-23(26-20-12-13-21(28-5)22(15-20)29-8-3)25-16-18-10-9-11-19(14-18)17-27(4)7-2;/h9-15H,6-8,16-17H2,1-5H3,(H2,24,25,26);1H. The van der Waals surface area contributed by atoms with Crippen LogP contribution in [0.15, 0.2) is 47.5 Å². The molecular weight excluding hydrogens is 491 g/mol. The second kappa shape index (κ2) is 14.1. The molecule has 7 heteroatoms. The summed E-state index contributed by atoms with van der Waals surface area (Å²) in [7, 11) is 3.77. The number of guanidine groups is 1. The Bertz CT molecular complexity index is 799. The minimum absolute atomic E-state index is 0. The second-order valence-corrected chi connectivity index (χ2v) is 6.77. The predicted octanol–water partition coefficient (Wildman–Crippen LogP) is 4.74. The SMILES string of the molecule is CCNC(=NCc1cccc(CN(C)CC)c1)Nc1ccc(OC)c(OCC)c1.I. The van der Waals surface area contributed by atoms with E-state index in [0.717, 1.165) is 31.3 Å². The zero-order valence-corrected chi connectivity index (χ0v) is 21.0. The molecule has 0 aliphatic rings. The average Bonchev–Trinajstić information content (AvgIpc) is 2.73. The fourth-order valence-electron chi connectivity index (χ4n) is 2.89. The Labute approximate surface area is 198 Å². The van der Waals surface area contributed by atoms with Gasteiger partial charge in [0.15, 0.2) is 17.5 Å². The van der Waals surface area contributed by atoms with Gasteiger partial charge in [0, 0.05) is 24.8 Å². The maximum atomic E-state index is 5.66. The molecule has 30 heavy (non-hydrogen) atoms. The zero-order valence-electron chi connectivity index (χ0n) is 18.7. The maximum absolute atomic E-state index is 5.66. The van der Waals surface area contributed by atoms with Gasteiger partial charge in [0.25, 0.3) is 0 Å². The summed E-state index contributed by atoms with van der Waals surface area (Å²) in [5.74, 6) is 2.16. The molecule has 2 rings (SSSR count). The van der Waals surface area contributed by atoms with E-state index in [9.17, 15) is 0 Å². The highest BCUT2D eigenvalue weighted by molar-refractivity contribution is 14.0. The van der Waals surface area contributed by atoms with Crippen LogP contribution in [0.3, 0.4) is 0 Å². The van der Waals surface area contributed by atoms with Gasteiger partial charge in [-0.15, -0.1) is 24.0 Å². The van der Waals surface area contributed by atoms with E-state index in [1.807, 2.05) is 25.1 Å². The molecule has 0 fully saturated rings. The van der Waals surface area contributed by atoms with Crippen LogP contribution in [0.4, 0.5) is 5.69 Å². The minimum Gasteiger partial charge on any atom is -0.493 e. The van der Waals surface area contributed by atoms with Gasteiger partial charge in [-0.05, 0) is 50.7 Å². The van der Waals surface area contributed by atoms with Gasteiger partial charge in [-0.1, -0.05) is 31.2 Å². The molecule has 2 aromatic carbocycles. The van der Waals surface area contributed by atoms with Crippen molar-refractivity contribution in [2.45, 2.75) is 33.9 Å². The van der Waals surface area contributed by atoms with E-state index in [2.05, 4.69) is 60.7 Å². The van der Waals surface area contributed by atoms with Gasteiger partial charge >= 0.3 is 0 Å². The number of halogens is 1. The van der Waals surface area contributed by atoms with E-state index in [1.165, 1.54) is 11.1 Å². The number of benzene rings is 2. The van der Waals surface area contributed by atoms with Crippen molar-refractivity contribution >= 4 is 35.6 Å². The van der Waals surface area contributed by atoms with Crippen LogP contribution in [0.5, 0.6) is 11.5 Å². The third kappa shape index (κ3) is 8.39. The molecule has 6 nitrogen and oxygen atoms in total. The molecule has 0 unspecified atom stereocenters. The molecule has 2 N–H and O–H groups in total. The smallest absolute Gasteiger partial charge is 0.196 e. The first-order valence-corrected chi connectivity index (χ1v) is 10.2. The van der Waals surface area contributed by atoms with Crippen molar-refractivity contribution < 1.29 is 9.47 Å². The van der Waals surface area contributed by atoms with Crippen LogP contribution in [0.25, 0.3) is 0 Å². The maximum Gasteiger partial charge on any atom is 0.196 e. The highest BCUT2D eigenvalue weighted by Crippen LogP contribution is 2.30. The highest BCUT2D eigenvalue weighted by atomic mass is 127. The van der Waals surface area contributed by atoms with Crippen LogP contribution in [0.1, 0.15) is 31.9 Å². The largest absolute Gasteiger partial charge is 0.493 e. The van der Waals surface area contributed by atoms with Gasteiger partial charge in [0.05, 0.1) is 20.3 Å². The first kappa shape index (κ1) is 26.0. The Morgan fingerprint density at radius 3 is 2.47 bits per heavy atom. The Morgan fingerprint density at radius 2 is 1.80 bits per heavy atom. The van der Waals surface area contributed by atoms with E-state index in [1.54, 1.807) is 7.11 Å². The lowest BCUT2D eigenvalue weighted by Gasteiger charge is -2.15. The van der Waals surface area contributed by atoms with Gasteiger partial charge in [-0.3, -0.25) is 0 Å². The number of rotatable bonds is 10. The molecule has 0 spiro atoms. The number of ether oxygens (including phenoxy) is 2. The van der Waals surface area contributed by atoms with E-state index in [-0.39, 0.29) is 24.0 Å². The molecule has 0 aliphatic carbocycles. The van der Waals surface area contributed by atoms with Gasteiger partial charge in [0.1, 0.15) is 0 Å². The molecular formula is C23H35IN4O2. The summed E-state index contributed by atoms with van der Waals surface area (Å²) in [6.45, 7) is 10.1. The van der Waals surface area contributed by atoms with Crippen LogP contribution >= 0.6 is 24.0 Å². The van der Waals surface area contributed by atoms with Crippen molar-refractivity contribution in [2.24, 2.45) is 4.99 Å². The van der Waals surface area contributed by atoms with Gasteiger partial charge < -0.3 is 25.0 Å². The molecule has 166 valence electrons. The first-order chi connectivity index (χ1) is 14.1. The minimum atomic E-state index is 0. The summed E-state index contributed by atoms with van der Waals surface area (Å²) >= 11 is 0. The van der Waals surface area contributed by atoms with Crippen LogP contribution < -0.4 is 20.1 Å². The monoisotopic (exact) mass is 526 g/mol. The number of methoxy groups -OCH3 is 1. The van der Waals surface area contributed by atoms with E-state index >= 15 is 0 Å². The van der Waals surface area contributed by atoms with E-state index < -0.39 is 0 Å². The van der Waals surface area contributed by atoms with Crippen molar-refractivity contribution in [3.8, 4) is 11.5 Å². The van der Waals surface area contributed by atoms with Crippen LogP contribution in [-0.4, -0.2) is 44.7 Å². The number of nitrogens with zero attached hydrogens (tertiary/aromatic N) is 2. The number of nitrogens with one attached hydrogen (secondary N) is 2. The molecule has 0 aliphatic heterocycles. The zero-order chi connectivity index (χ0) is 21.1. The number of hydrogen-bond donors (Lipinski definition) is 2. The lowest BCUT2D eigenvalue weighted by atomic mass is 10.1. The van der Waals surface area contributed by atoms with Crippen LogP contribution in [0.2, 0.25) is 0 Å². The topological polar surface area (TPSA) is 58.1 Å². The molecule has 0 bridgehead atoms. The Hall–Kier alpha value is -2.00. The Kier molecular flexibility index (Phi) is 12.2. The molecule has 0 amide bonds. The first-order valence-electron chi connectivity index (χ1n) is 10.2. The fourth-order valence-corrected chi connectivity index (χ4v) is 2.89. The van der Waals surface area contributed by atoms with Gasteiger partial charge in [-0.2, -0.15) is 0 Å². The van der Waals surface area contributed by atoms with Crippen molar-refractivity contribution in [1.29, 1.82) is 0 Å². The number of anilines is 1. The van der Waals surface area contributed by atoms with Crippen molar-refractivity contribution in [2.75, 3.05) is 39.2 Å². The summed E-state index contributed by atoms with van der Waals surface area (Å²) in [4.78, 5) is 7.03. The van der Waals surface area contributed by atoms with Gasteiger partial charge in [0.2, 0.25) is 0 Å². The number of hydrogen-bond acceptors (Lipinski definition) is 4. The molecule has 2 aromatic rings. The highest BCUT2D eigenvalue weighted by Gasteiger charge is 2.07. The van der Waals surface area contributed by atoms with Crippen LogP contribution in [-0.2, 0) is 13.1 Å². The second-order valence-electron chi connectivity index (χ2n) is 6.77. The fraction of sp³-hybridized carbons (Fsp3) is 0.435. The molecule has 0 saturated carbocycles. The predicted molar refractivity (Wildman–Crippen MR) is 136 cm³/mol. The summed E-state index contributed by atoms with van der Waals surface area (Å²) in [6, 6.07) is 14.4. The summed E-state index contributed by atoms with van der Waals surface area (Å²) in [5.41, 5.74) is 3.39. The molecule has 0 heterocycles. The Morgan fingerprint density at radius 1 is 1.03 bits per heavy atom. The lowest BCUT2D eigenvalue weighted by molar-refractivity contribution is 0.311. The summed E-state index contributed by atoms with van der Waals surface area (Å²) in [6.07, 6.45) is 0. The van der Waals surface area contributed by atoms with Crippen molar-refractivity contribution in [3.63, 3.8) is 0 Å². The molecule has 0 radical (unpaired) electrons. The molecule has 0 aromatic heterocycles. The molecule has 0 saturated heterocycles. The third-order valence-electron chi connectivity index (χ3n) is 4.47. The van der Waals surface area contributed by atoms with E-state index in [4.69, 9.17) is 14.5 Å². The number of aliphatic imine (C=N–C) groups is 1. The van der Waals surface area contributed by atoms with Gasteiger partial charge in [-0.25, -0.2) is 4.99 Å². The summed E-state index contributed by atoms with van der Waals surface area (Å²) in [5, 5.41) is 6.65. The van der Waals surface area contributed by atoms with E-state index in [0.29, 0.717) is 24.7 Å². The van der Waals surface area contributed by atoms with Crippen LogP contribution in [0, 0.1) is 0 Å². The van der Waals surface area contributed by atoms with Crippen molar-refractivity contribution in [3.05, 3.63) is 53.6 Å².